The average Bonchev–Trinajstić information content (AvgIpc) is 3.32. The second-order valence-electron chi connectivity index (χ2n) is 5.45. The monoisotopic (exact) mass is 283 g/mol. The maximum Gasteiger partial charge on any atom is 0.142 e. The van der Waals surface area contributed by atoms with Gasteiger partial charge >= 0.3 is 0 Å². The zero-order chi connectivity index (χ0) is 14.5. The SMILES string of the molecule is Fc1ccc(/C(CC2CC2)=N/OCc2ccccc2)cc1. The number of halogens is 1. The van der Waals surface area contributed by atoms with Gasteiger partial charge in [-0.1, -0.05) is 47.6 Å². The Labute approximate surface area is 124 Å². The average molecular weight is 283 g/mol. The van der Waals surface area contributed by atoms with Crippen molar-refractivity contribution >= 4 is 5.71 Å². The summed E-state index contributed by atoms with van der Waals surface area (Å²) in [5.74, 6) is 0.476. The van der Waals surface area contributed by atoms with Crippen LogP contribution in [0, 0.1) is 11.7 Å². The topological polar surface area (TPSA) is 21.6 Å². The van der Waals surface area contributed by atoms with E-state index in [0.717, 1.165) is 23.3 Å². The van der Waals surface area contributed by atoms with E-state index in [9.17, 15) is 4.39 Å². The van der Waals surface area contributed by atoms with Crippen LogP contribution in [0.2, 0.25) is 0 Å². The maximum atomic E-state index is 13.0. The molecule has 0 saturated heterocycles. The molecule has 0 spiro atoms. The first-order chi connectivity index (χ1) is 10.3. The number of oxime groups is 1. The van der Waals surface area contributed by atoms with Crippen molar-refractivity contribution in [1.82, 2.24) is 0 Å². The summed E-state index contributed by atoms with van der Waals surface area (Å²) < 4.78 is 13.0. The van der Waals surface area contributed by atoms with Gasteiger partial charge in [-0.25, -0.2) is 4.39 Å². The Morgan fingerprint density at radius 1 is 1.05 bits per heavy atom. The highest BCUT2D eigenvalue weighted by Crippen LogP contribution is 2.33. The third-order valence-electron chi connectivity index (χ3n) is 3.61. The van der Waals surface area contributed by atoms with Gasteiger partial charge in [0.1, 0.15) is 12.4 Å². The van der Waals surface area contributed by atoms with Gasteiger partial charge in [0.15, 0.2) is 0 Å². The molecule has 2 aromatic rings. The summed E-state index contributed by atoms with van der Waals surface area (Å²) >= 11 is 0. The molecule has 0 radical (unpaired) electrons. The number of rotatable bonds is 6. The molecule has 108 valence electrons. The van der Waals surface area contributed by atoms with Crippen molar-refractivity contribution in [1.29, 1.82) is 0 Å². The van der Waals surface area contributed by atoms with Crippen LogP contribution in [0.3, 0.4) is 0 Å². The number of benzene rings is 2. The summed E-state index contributed by atoms with van der Waals surface area (Å²) in [4.78, 5) is 5.49. The van der Waals surface area contributed by atoms with E-state index in [2.05, 4.69) is 5.16 Å². The molecule has 1 aliphatic carbocycles. The first-order valence-electron chi connectivity index (χ1n) is 7.30. The van der Waals surface area contributed by atoms with E-state index in [0.29, 0.717) is 12.5 Å². The van der Waals surface area contributed by atoms with Crippen molar-refractivity contribution in [3.63, 3.8) is 0 Å². The van der Waals surface area contributed by atoms with Gasteiger partial charge in [-0.15, -0.1) is 0 Å². The second kappa shape index (κ2) is 6.53. The summed E-state index contributed by atoms with van der Waals surface area (Å²) in [6.07, 6.45) is 3.40. The van der Waals surface area contributed by atoms with E-state index in [1.165, 1.54) is 25.0 Å². The van der Waals surface area contributed by atoms with Crippen molar-refractivity contribution < 1.29 is 9.23 Å². The second-order valence-corrected chi connectivity index (χ2v) is 5.45. The Hall–Kier alpha value is -2.16. The molecule has 21 heavy (non-hydrogen) atoms. The Morgan fingerprint density at radius 3 is 2.43 bits per heavy atom. The lowest BCUT2D eigenvalue weighted by Gasteiger charge is -2.07. The van der Waals surface area contributed by atoms with Gasteiger partial charge in [0.25, 0.3) is 0 Å². The summed E-state index contributed by atoms with van der Waals surface area (Å²) in [6, 6.07) is 16.4. The molecular formula is C18H18FNO. The fraction of sp³-hybridized carbons (Fsp3) is 0.278. The van der Waals surface area contributed by atoms with Crippen LogP contribution in [-0.2, 0) is 11.4 Å². The summed E-state index contributed by atoms with van der Waals surface area (Å²) in [7, 11) is 0. The molecule has 3 heteroatoms. The van der Waals surface area contributed by atoms with E-state index in [-0.39, 0.29) is 5.82 Å². The van der Waals surface area contributed by atoms with Crippen molar-refractivity contribution in [2.45, 2.75) is 25.9 Å². The molecule has 3 rings (SSSR count). The third-order valence-corrected chi connectivity index (χ3v) is 3.61. The molecule has 0 amide bonds. The quantitative estimate of drug-likeness (QED) is 0.563. The van der Waals surface area contributed by atoms with Crippen molar-refractivity contribution in [3.8, 4) is 0 Å². The van der Waals surface area contributed by atoms with Gasteiger partial charge in [-0.05, 0) is 48.4 Å². The standard InChI is InChI=1S/C18H18FNO/c19-17-10-8-16(9-11-17)18(12-14-6-7-14)20-21-13-15-4-2-1-3-5-15/h1-5,8-11,14H,6-7,12-13H2/b20-18+. The third kappa shape index (κ3) is 4.15. The maximum absolute atomic E-state index is 13.0. The summed E-state index contributed by atoms with van der Waals surface area (Å²) in [5.41, 5.74) is 2.94. The van der Waals surface area contributed by atoms with Gasteiger partial charge in [0.05, 0.1) is 5.71 Å². The van der Waals surface area contributed by atoms with Gasteiger partial charge in [-0.3, -0.25) is 0 Å². The van der Waals surface area contributed by atoms with Crippen LogP contribution < -0.4 is 0 Å². The smallest absolute Gasteiger partial charge is 0.142 e. The van der Waals surface area contributed by atoms with Crippen LogP contribution in [0.4, 0.5) is 4.39 Å². The van der Waals surface area contributed by atoms with Crippen LogP contribution in [-0.4, -0.2) is 5.71 Å². The summed E-state index contributed by atoms with van der Waals surface area (Å²) in [5, 5.41) is 4.29. The fourth-order valence-electron chi connectivity index (χ4n) is 2.20. The normalized spacial score (nSPS) is 15.0. The Morgan fingerprint density at radius 2 is 1.76 bits per heavy atom. The Bertz CT molecular complexity index is 603. The lowest BCUT2D eigenvalue weighted by molar-refractivity contribution is 0.130. The number of hydrogen-bond donors (Lipinski definition) is 0. The zero-order valence-electron chi connectivity index (χ0n) is 11.8. The van der Waals surface area contributed by atoms with Crippen molar-refractivity contribution in [2.75, 3.05) is 0 Å². The molecule has 1 fully saturated rings. The van der Waals surface area contributed by atoms with Crippen LogP contribution in [0.5, 0.6) is 0 Å². The molecule has 0 atom stereocenters. The molecular weight excluding hydrogens is 265 g/mol. The fourth-order valence-corrected chi connectivity index (χ4v) is 2.20. The molecule has 1 saturated carbocycles. The minimum Gasteiger partial charge on any atom is -0.391 e. The van der Waals surface area contributed by atoms with Crippen LogP contribution in [0.25, 0.3) is 0 Å². The molecule has 0 aliphatic heterocycles. The molecule has 0 bridgehead atoms. The Kier molecular flexibility index (Phi) is 4.29. The first kappa shape index (κ1) is 13.8. The largest absolute Gasteiger partial charge is 0.391 e. The minimum absolute atomic E-state index is 0.227. The first-order valence-corrected chi connectivity index (χ1v) is 7.30. The van der Waals surface area contributed by atoms with Crippen molar-refractivity contribution in [3.05, 3.63) is 71.5 Å². The Balaban J connectivity index is 1.69. The van der Waals surface area contributed by atoms with Crippen LogP contribution in [0.1, 0.15) is 30.4 Å². The van der Waals surface area contributed by atoms with E-state index in [4.69, 9.17) is 4.84 Å². The van der Waals surface area contributed by atoms with Crippen LogP contribution >= 0.6 is 0 Å². The summed E-state index contributed by atoms with van der Waals surface area (Å²) in [6.45, 7) is 0.455. The molecule has 0 N–H and O–H groups in total. The molecule has 0 unspecified atom stereocenters. The molecule has 1 aliphatic rings. The van der Waals surface area contributed by atoms with E-state index < -0.39 is 0 Å². The molecule has 2 nitrogen and oxygen atoms in total. The number of hydrogen-bond acceptors (Lipinski definition) is 2. The van der Waals surface area contributed by atoms with E-state index in [1.54, 1.807) is 12.1 Å². The lowest BCUT2D eigenvalue weighted by atomic mass is 10.1. The highest BCUT2D eigenvalue weighted by atomic mass is 19.1. The number of nitrogens with zero attached hydrogens (tertiary/aromatic N) is 1. The van der Waals surface area contributed by atoms with Crippen molar-refractivity contribution in [2.24, 2.45) is 11.1 Å². The van der Waals surface area contributed by atoms with E-state index >= 15 is 0 Å². The minimum atomic E-state index is -0.227. The predicted octanol–water partition coefficient (Wildman–Crippen LogP) is 4.55. The molecule has 0 heterocycles. The van der Waals surface area contributed by atoms with E-state index in [1.807, 2.05) is 30.3 Å². The predicted molar refractivity (Wildman–Crippen MR) is 81.5 cm³/mol. The van der Waals surface area contributed by atoms with Gasteiger partial charge in [0, 0.05) is 0 Å². The highest BCUT2D eigenvalue weighted by Gasteiger charge is 2.24. The zero-order valence-corrected chi connectivity index (χ0v) is 11.8. The lowest BCUT2D eigenvalue weighted by Crippen LogP contribution is -2.04. The molecule has 2 aromatic carbocycles. The van der Waals surface area contributed by atoms with Gasteiger partial charge in [-0.2, -0.15) is 0 Å². The highest BCUT2D eigenvalue weighted by molar-refractivity contribution is 6.00. The molecule has 0 aromatic heterocycles. The van der Waals surface area contributed by atoms with Gasteiger partial charge in [0.2, 0.25) is 0 Å². The van der Waals surface area contributed by atoms with Crippen LogP contribution in [0.15, 0.2) is 59.8 Å². The van der Waals surface area contributed by atoms with Gasteiger partial charge < -0.3 is 4.84 Å².